The zero-order valence-corrected chi connectivity index (χ0v) is 2.73. The average molecular weight is 76.0 g/mol. The minimum absolute atomic E-state index is 0.181. The van der Waals surface area contributed by atoms with Crippen molar-refractivity contribution in [2.45, 2.75) is 0 Å². The summed E-state index contributed by atoms with van der Waals surface area (Å²) in [5.74, 6) is 0. The first-order chi connectivity index (χ1) is 2.27. The van der Waals surface area contributed by atoms with Crippen molar-refractivity contribution in [1.82, 2.24) is 5.12 Å². The van der Waals surface area contributed by atoms with Crippen molar-refractivity contribution in [3.8, 4) is 0 Å². The Morgan fingerprint density at radius 2 is 2.20 bits per heavy atom. The van der Waals surface area contributed by atoms with Gasteiger partial charge in [-0.2, -0.15) is 5.12 Å². The van der Waals surface area contributed by atoms with Gasteiger partial charge in [-0.25, -0.2) is 0 Å². The van der Waals surface area contributed by atoms with Gasteiger partial charge in [0.25, 0.3) is 0 Å². The lowest BCUT2D eigenvalue weighted by atomic mass is 11.2. The number of amides is 1. The van der Waals surface area contributed by atoms with Gasteiger partial charge in [-0.05, 0) is 0 Å². The largest absolute Gasteiger partial charge is 0.341 e. The first-order valence-corrected chi connectivity index (χ1v) is 1.04. The van der Waals surface area contributed by atoms with Crippen LogP contribution in [-0.2, 0) is 4.79 Å². The van der Waals surface area contributed by atoms with Crippen LogP contribution in [0, 0.1) is 0 Å². The lowest BCUT2D eigenvalue weighted by molar-refractivity contribution is 0.153. The summed E-state index contributed by atoms with van der Waals surface area (Å²) in [4.78, 5) is 8.93. The second-order valence-electron chi connectivity index (χ2n) is 0.568. The van der Waals surface area contributed by atoms with Crippen LogP contribution in [0.4, 0.5) is 4.48 Å². The Balaban J connectivity index is 2.83. The first kappa shape index (κ1) is 4.40. The molecule has 0 heterocycles. The van der Waals surface area contributed by atoms with Crippen molar-refractivity contribution in [1.29, 1.82) is 0 Å². The highest BCUT2D eigenvalue weighted by atomic mass is 19.2. The van der Waals surface area contributed by atoms with Crippen molar-refractivity contribution in [3.05, 3.63) is 0 Å². The van der Waals surface area contributed by atoms with Crippen LogP contribution < -0.4 is 0 Å². The summed E-state index contributed by atoms with van der Waals surface area (Å²) in [5.41, 5.74) is 0. The molecule has 3 heteroatoms. The van der Waals surface area contributed by atoms with Gasteiger partial charge in [0.05, 0.1) is 0 Å². The Morgan fingerprint density at radius 1 is 2.00 bits per heavy atom. The maximum Gasteiger partial charge on any atom is 0.341 e. The fourth-order valence-corrected chi connectivity index (χ4v) is 0. The van der Waals surface area contributed by atoms with E-state index in [0.29, 0.717) is 0 Å². The molecule has 0 saturated carbocycles. The zero-order valence-electron chi connectivity index (χ0n) is 2.73. The highest BCUT2D eigenvalue weighted by Gasteiger charge is 1.78. The van der Waals surface area contributed by atoms with E-state index in [9.17, 15) is 4.48 Å². The van der Waals surface area contributed by atoms with E-state index in [0.717, 1.165) is 13.5 Å². The number of hydrogen-bond donors (Lipinski definition) is 0. The molecule has 0 N–H and O–H groups in total. The molecule has 0 aliphatic carbocycles. The third kappa shape index (κ3) is 3.40. The maximum absolute atomic E-state index is 10.8. The summed E-state index contributed by atoms with van der Waals surface area (Å²) in [7, 11) is 0.965. The summed E-state index contributed by atoms with van der Waals surface area (Å²) in [6.45, 7) is 0. The van der Waals surface area contributed by atoms with Crippen LogP contribution in [0.1, 0.15) is 0 Å². The third-order valence-electron chi connectivity index (χ3n) is 0.126. The number of carbonyl (C=O) groups excluding carboxylic acids is 1. The van der Waals surface area contributed by atoms with Crippen molar-refractivity contribution in [2.75, 3.05) is 7.05 Å². The molecule has 0 bridgehead atoms. The topological polar surface area (TPSA) is 20.3 Å². The van der Waals surface area contributed by atoms with Crippen LogP contribution in [0.2, 0.25) is 0 Å². The number of hydrogen-bond acceptors (Lipinski definition) is 1. The Kier molecular flexibility index (Phi) is 1.49. The lowest BCUT2D eigenvalue weighted by Crippen LogP contribution is -1.99. The van der Waals surface area contributed by atoms with Crippen LogP contribution in [0.15, 0.2) is 0 Å². The Hall–Kier alpha value is -0.600. The van der Waals surface area contributed by atoms with Crippen LogP contribution in [0.3, 0.4) is 0 Å². The molecule has 1 radical (unpaired) electrons. The fourth-order valence-electron chi connectivity index (χ4n) is 0. The maximum atomic E-state index is 10.8. The molecular weight excluding hydrogens is 73.0 g/mol. The molecule has 0 aliphatic rings. The molecule has 0 rings (SSSR count). The van der Waals surface area contributed by atoms with Gasteiger partial charge in [-0.1, -0.05) is 4.48 Å². The highest BCUT2D eigenvalue weighted by Crippen LogP contribution is 1.65. The molecule has 0 atom stereocenters. The van der Waals surface area contributed by atoms with E-state index in [-0.39, 0.29) is 5.12 Å². The Morgan fingerprint density at radius 3 is 2.20 bits per heavy atom. The highest BCUT2D eigenvalue weighted by molar-refractivity contribution is 5.45. The molecule has 2 nitrogen and oxygen atoms in total. The fraction of sp³-hybridized carbons (Fsp3) is 0.500. The van der Waals surface area contributed by atoms with Crippen molar-refractivity contribution in [2.24, 2.45) is 0 Å². The van der Waals surface area contributed by atoms with Crippen LogP contribution in [0.25, 0.3) is 0 Å². The van der Waals surface area contributed by atoms with E-state index >= 15 is 0 Å². The van der Waals surface area contributed by atoms with Gasteiger partial charge in [-0.15, -0.1) is 0 Å². The average Bonchev–Trinajstić information content (AvgIpc) is 1.38. The molecular formula is C2H3FNO. The molecule has 0 aromatic rings. The van der Waals surface area contributed by atoms with Crippen molar-refractivity contribution < 1.29 is 9.28 Å². The van der Waals surface area contributed by atoms with Crippen molar-refractivity contribution >= 4 is 6.41 Å². The molecule has 1 amide bonds. The molecule has 29 valence electrons. The number of rotatable bonds is 1. The minimum Gasteiger partial charge on any atom is -0.261 e. The van der Waals surface area contributed by atoms with Gasteiger partial charge < -0.3 is 0 Å². The second-order valence-corrected chi connectivity index (χ2v) is 0.568. The second kappa shape index (κ2) is 1.69. The molecule has 0 unspecified atom stereocenters. The van der Waals surface area contributed by atoms with Gasteiger partial charge in [0.15, 0.2) is 0 Å². The minimum atomic E-state index is -0.181. The summed E-state index contributed by atoms with van der Waals surface area (Å²) >= 11 is 0. The predicted molar refractivity (Wildman–Crippen MR) is 14.6 cm³/mol. The molecule has 5 heavy (non-hydrogen) atoms. The normalized spacial score (nSPS) is 6.80. The SMILES string of the molecule is CN(F)[C]=O. The molecule has 0 aromatic carbocycles. The lowest BCUT2D eigenvalue weighted by Gasteiger charge is -1.83. The summed E-state index contributed by atoms with van der Waals surface area (Å²) in [6.07, 6.45) is 0.944. The van der Waals surface area contributed by atoms with E-state index < -0.39 is 0 Å². The molecule has 0 fully saturated rings. The molecule has 0 spiro atoms. The smallest absolute Gasteiger partial charge is 0.261 e. The third-order valence-corrected chi connectivity index (χ3v) is 0.126. The molecule has 0 aromatic heterocycles. The monoisotopic (exact) mass is 76.0 g/mol. The summed E-state index contributed by atoms with van der Waals surface area (Å²) in [6, 6.07) is 0. The van der Waals surface area contributed by atoms with E-state index in [1.165, 1.54) is 0 Å². The van der Waals surface area contributed by atoms with E-state index in [4.69, 9.17) is 4.79 Å². The summed E-state index contributed by atoms with van der Waals surface area (Å²) < 4.78 is 10.8. The van der Waals surface area contributed by atoms with E-state index in [1.807, 2.05) is 0 Å². The van der Waals surface area contributed by atoms with Crippen LogP contribution in [-0.4, -0.2) is 18.6 Å². The number of halogens is 1. The van der Waals surface area contributed by atoms with Gasteiger partial charge in [0.2, 0.25) is 0 Å². The first-order valence-electron chi connectivity index (χ1n) is 1.04. The Labute approximate surface area is 29.1 Å². The van der Waals surface area contributed by atoms with Gasteiger partial charge in [0, 0.05) is 7.05 Å². The number of nitrogens with zero attached hydrogens (tertiary/aromatic N) is 1. The standard InChI is InChI=1S/C2H3FNO/c1-4(3)2-5/h1H3. The molecule has 0 saturated heterocycles. The Bertz CT molecular complexity index is 36.6. The van der Waals surface area contributed by atoms with E-state index in [2.05, 4.69) is 0 Å². The zero-order chi connectivity index (χ0) is 4.28. The van der Waals surface area contributed by atoms with Gasteiger partial charge in [0.1, 0.15) is 0 Å². The molecule has 0 aliphatic heterocycles. The van der Waals surface area contributed by atoms with Gasteiger partial charge >= 0.3 is 6.41 Å². The van der Waals surface area contributed by atoms with Crippen LogP contribution >= 0.6 is 0 Å². The van der Waals surface area contributed by atoms with E-state index in [1.54, 1.807) is 0 Å². The predicted octanol–water partition coefficient (Wildman–Crippen LogP) is -0.130. The quantitative estimate of drug-likeness (QED) is 0.314. The summed E-state index contributed by atoms with van der Waals surface area (Å²) in [5, 5.41) is -0.181. The van der Waals surface area contributed by atoms with Crippen LogP contribution in [0.5, 0.6) is 0 Å². The van der Waals surface area contributed by atoms with Crippen molar-refractivity contribution in [3.63, 3.8) is 0 Å². The van der Waals surface area contributed by atoms with Gasteiger partial charge in [-0.3, -0.25) is 4.79 Å².